The molecule has 0 spiro atoms. The largest absolute Gasteiger partial charge is 0.493 e. The Kier molecular flexibility index (Phi) is 6.64. The van der Waals surface area contributed by atoms with Crippen LogP contribution in [0.5, 0.6) is 11.5 Å². The number of rotatable bonds is 8. The quantitative estimate of drug-likeness (QED) is 0.336. The number of nitrogens with zero attached hydrogens (tertiary/aromatic N) is 3. The van der Waals surface area contributed by atoms with Crippen molar-refractivity contribution < 1.29 is 28.9 Å². The minimum absolute atomic E-state index is 0.0604. The second-order valence-corrected chi connectivity index (χ2v) is 8.13. The molecule has 3 aromatic rings. The van der Waals surface area contributed by atoms with Crippen LogP contribution >= 0.6 is 0 Å². The number of methoxy groups -OCH3 is 1. The van der Waals surface area contributed by atoms with Crippen LogP contribution in [0.1, 0.15) is 28.4 Å². The van der Waals surface area contributed by atoms with E-state index in [0.717, 1.165) is 16.5 Å². The highest BCUT2D eigenvalue weighted by Gasteiger charge is 2.40. The summed E-state index contributed by atoms with van der Waals surface area (Å²) in [6.45, 7) is 1.40. The minimum atomic E-state index is -0.964. The third-order valence-corrected chi connectivity index (χ3v) is 5.90. The molecule has 0 aliphatic carbocycles. The Morgan fingerprint density at radius 1 is 1.00 bits per heavy atom. The molecule has 184 valence electrons. The molecule has 36 heavy (non-hydrogen) atoms. The SMILES string of the molecule is COc1cc(C(=O)N2c3cc([N+](=O)[O-])ccc3CC2C(C)=O)c([N+](=O)[O-])cc1OCc1ccccc1. The van der Waals surface area contributed by atoms with Crippen LogP contribution < -0.4 is 14.4 Å². The third-order valence-electron chi connectivity index (χ3n) is 5.90. The number of benzene rings is 3. The molecule has 0 bridgehead atoms. The molecule has 0 radical (unpaired) electrons. The highest BCUT2D eigenvalue weighted by atomic mass is 16.6. The van der Waals surface area contributed by atoms with Gasteiger partial charge in [-0.05, 0) is 18.1 Å². The number of nitro groups is 2. The predicted octanol–water partition coefficient (Wildman–Crippen LogP) is 4.25. The Morgan fingerprint density at radius 2 is 1.72 bits per heavy atom. The topological polar surface area (TPSA) is 142 Å². The Bertz CT molecular complexity index is 1370. The fourth-order valence-electron chi connectivity index (χ4n) is 4.12. The van der Waals surface area contributed by atoms with Gasteiger partial charge in [-0.1, -0.05) is 36.4 Å². The number of Topliss-reactive ketones (excluding diaryl/α,β-unsaturated/α-hetero) is 1. The Morgan fingerprint density at radius 3 is 2.33 bits per heavy atom. The van der Waals surface area contributed by atoms with Crippen molar-refractivity contribution in [2.24, 2.45) is 0 Å². The number of ketones is 1. The number of ether oxygens (including phenoxy) is 2. The number of fused-ring (bicyclic) bond motifs is 1. The van der Waals surface area contributed by atoms with E-state index >= 15 is 0 Å². The molecule has 11 heteroatoms. The van der Waals surface area contributed by atoms with Gasteiger partial charge in [-0.15, -0.1) is 0 Å². The molecule has 1 atom stereocenters. The number of non-ortho nitro benzene ring substituents is 1. The second kappa shape index (κ2) is 9.82. The zero-order chi connectivity index (χ0) is 26.0. The number of anilines is 1. The maximum Gasteiger partial charge on any atom is 0.286 e. The van der Waals surface area contributed by atoms with E-state index in [2.05, 4.69) is 0 Å². The highest BCUT2D eigenvalue weighted by molar-refractivity contribution is 6.14. The van der Waals surface area contributed by atoms with Crippen molar-refractivity contribution in [2.75, 3.05) is 12.0 Å². The van der Waals surface area contributed by atoms with Crippen molar-refractivity contribution in [2.45, 2.75) is 26.0 Å². The van der Waals surface area contributed by atoms with Crippen molar-refractivity contribution in [1.82, 2.24) is 0 Å². The lowest BCUT2D eigenvalue weighted by molar-refractivity contribution is -0.385. The first-order valence-electron chi connectivity index (χ1n) is 10.9. The van der Waals surface area contributed by atoms with Gasteiger partial charge in [-0.3, -0.25) is 34.7 Å². The molecule has 1 unspecified atom stereocenters. The van der Waals surface area contributed by atoms with Crippen molar-refractivity contribution in [3.63, 3.8) is 0 Å². The molecule has 3 aromatic carbocycles. The average Bonchev–Trinajstić information content (AvgIpc) is 3.26. The van der Waals surface area contributed by atoms with Gasteiger partial charge in [-0.25, -0.2) is 0 Å². The predicted molar refractivity (Wildman–Crippen MR) is 129 cm³/mol. The standard InChI is InChI=1S/C25H21N3O8/c1-15(29)20-10-17-8-9-18(27(31)32)11-21(17)26(20)25(30)19-12-23(35-2)24(13-22(19)28(33)34)36-14-16-6-4-3-5-7-16/h3-9,11-13,20H,10,14H2,1-2H3. The molecule has 0 saturated carbocycles. The van der Waals surface area contributed by atoms with E-state index in [0.29, 0.717) is 5.56 Å². The molecule has 1 aliphatic rings. The third kappa shape index (κ3) is 4.58. The molecule has 1 heterocycles. The fraction of sp³-hybridized carbons (Fsp3) is 0.200. The van der Waals surface area contributed by atoms with E-state index in [4.69, 9.17) is 9.47 Å². The zero-order valence-electron chi connectivity index (χ0n) is 19.4. The molecule has 0 saturated heterocycles. The monoisotopic (exact) mass is 491 g/mol. The molecule has 1 amide bonds. The van der Waals surface area contributed by atoms with Gasteiger partial charge in [-0.2, -0.15) is 0 Å². The smallest absolute Gasteiger partial charge is 0.286 e. The van der Waals surface area contributed by atoms with Crippen LogP contribution in [0.3, 0.4) is 0 Å². The summed E-state index contributed by atoms with van der Waals surface area (Å²) >= 11 is 0. The van der Waals surface area contributed by atoms with Gasteiger partial charge in [0, 0.05) is 24.6 Å². The van der Waals surface area contributed by atoms with E-state index in [1.165, 1.54) is 38.3 Å². The Labute approximate surface area is 205 Å². The van der Waals surface area contributed by atoms with E-state index in [9.17, 15) is 29.8 Å². The molecule has 11 nitrogen and oxygen atoms in total. The number of carbonyl (C=O) groups excluding carboxylic acids is 2. The molecule has 1 aliphatic heterocycles. The minimum Gasteiger partial charge on any atom is -0.493 e. The highest BCUT2D eigenvalue weighted by Crippen LogP contribution is 2.40. The zero-order valence-corrected chi connectivity index (χ0v) is 19.4. The second-order valence-electron chi connectivity index (χ2n) is 8.13. The van der Waals surface area contributed by atoms with Gasteiger partial charge < -0.3 is 9.47 Å². The van der Waals surface area contributed by atoms with Gasteiger partial charge >= 0.3 is 0 Å². The first kappa shape index (κ1) is 24.3. The summed E-state index contributed by atoms with van der Waals surface area (Å²) < 4.78 is 11.1. The van der Waals surface area contributed by atoms with Crippen molar-refractivity contribution >= 4 is 28.8 Å². The van der Waals surface area contributed by atoms with Crippen molar-refractivity contribution in [3.05, 3.63) is 97.6 Å². The summed E-state index contributed by atoms with van der Waals surface area (Å²) in [5.74, 6) is -1.07. The first-order chi connectivity index (χ1) is 17.2. The number of hydrogen-bond donors (Lipinski definition) is 0. The molecule has 4 rings (SSSR count). The van der Waals surface area contributed by atoms with Crippen molar-refractivity contribution in [3.8, 4) is 11.5 Å². The van der Waals surface area contributed by atoms with Crippen LogP contribution in [0.2, 0.25) is 0 Å². The maximum atomic E-state index is 13.7. The lowest BCUT2D eigenvalue weighted by Crippen LogP contribution is -2.42. The Balaban J connectivity index is 1.77. The normalized spacial score (nSPS) is 14.2. The van der Waals surface area contributed by atoms with E-state index in [1.54, 1.807) is 0 Å². The molecule has 0 N–H and O–H groups in total. The van der Waals surface area contributed by atoms with Gasteiger partial charge in [0.1, 0.15) is 12.2 Å². The average molecular weight is 491 g/mol. The van der Waals surface area contributed by atoms with Gasteiger partial charge in [0.05, 0.1) is 34.8 Å². The van der Waals surface area contributed by atoms with Gasteiger partial charge in [0.2, 0.25) is 0 Å². The number of nitro benzene ring substituents is 2. The number of amides is 1. The molecule has 0 fully saturated rings. The summed E-state index contributed by atoms with van der Waals surface area (Å²) in [5.41, 5.74) is 0.368. The van der Waals surface area contributed by atoms with E-state index < -0.39 is 27.5 Å². The van der Waals surface area contributed by atoms with Crippen molar-refractivity contribution in [1.29, 1.82) is 0 Å². The van der Waals surface area contributed by atoms with Gasteiger partial charge in [0.25, 0.3) is 17.3 Å². The summed E-state index contributed by atoms with van der Waals surface area (Å²) in [7, 11) is 1.33. The van der Waals surface area contributed by atoms with Crippen LogP contribution in [-0.4, -0.2) is 34.7 Å². The van der Waals surface area contributed by atoms with Crippen LogP contribution in [0.4, 0.5) is 17.1 Å². The van der Waals surface area contributed by atoms with Crippen LogP contribution in [0.15, 0.2) is 60.7 Å². The van der Waals surface area contributed by atoms with Crippen LogP contribution in [-0.2, 0) is 17.8 Å². The lowest BCUT2D eigenvalue weighted by Gasteiger charge is -2.24. The molecular weight excluding hydrogens is 470 g/mol. The maximum absolute atomic E-state index is 13.7. The fourth-order valence-corrected chi connectivity index (χ4v) is 4.12. The Hall–Kier alpha value is -4.80. The number of carbonyl (C=O) groups is 2. The first-order valence-corrected chi connectivity index (χ1v) is 10.9. The summed E-state index contributed by atoms with van der Waals surface area (Å²) in [5, 5.41) is 23.3. The lowest BCUT2D eigenvalue weighted by atomic mass is 10.1. The van der Waals surface area contributed by atoms with Crippen LogP contribution in [0, 0.1) is 20.2 Å². The summed E-state index contributed by atoms with van der Waals surface area (Å²) in [4.78, 5) is 49.1. The van der Waals surface area contributed by atoms with Gasteiger partial charge in [0.15, 0.2) is 17.3 Å². The molecular formula is C25H21N3O8. The van der Waals surface area contributed by atoms with E-state index in [1.807, 2.05) is 30.3 Å². The molecule has 0 aromatic heterocycles. The summed E-state index contributed by atoms with van der Waals surface area (Å²) in [6, 6.07) is 14.4. The number of hydrogen-bond acceptors (Lipinski definition) is 8. The van der Waals surface area contributed by atoms with E-state index in [-0.39, 0.29) is 47.2 Å². The van der Waals surface area contributed by atoms with Crippen LogP contribution in [0.25, 0.3) is 0 Å². The summed E-state index contributed by atoms with van der Waals surface area (Å²) in [6.07, 6.45) is 0.137.